The lowest BCUT2D eigenvalue weighted by atomic mass is 9.91. The summed E-state index contributed by atoms with van der Waals surface area (Å²) in [5.74, 6) is 0.188. The second-order valence-electron chi connectivity index (χ2n) is 5.78. The molecule has 0 bridgehead atoms. The zero-order valence-electron chi connectivity index (χ0n) is 11.1. The summed E-state index contributed by atoms with van der Waals surface area (Å²) < 4.78 is 23.3. The summed E-state index contributed by atoms with van der Waals surface area (Å²) in [6.45, 7) is 6.45. The SMILES string of the molecule is CC(C)(C)S(=O)(=O)CCN(CCO)C1CCC1. The van der Waals surface area contributed by atoms with Gasteiger partial charge in [0.25, 0.3) is 0 Å². The first-order valence-electron chi connectivity index (χ1n) is 6.35. The van der Waals surface area contributed by atoms with Crippen LogP contribution in [0.5, 0.6) is 0 Å². The standard InChI is InChI=1S/C12H25NO3S/c1-12(2,3)17(15,16)10-8-13(7-9-14)11-5-4-6-11/h11,14H,4-10H2,1-3H3. The molecule has 0 aromatic carbocycles. The third kappa shape index (κ3) is 3.93. The van der Waals surface area contributed by atoms with Gasteiger partial charge in [0.15, 0.2) is 9.84 Å². The van der Waals surface area contributed by atoms with E-state index in [1.165, 1.54) is 6.42 Å². The van der Waals surface area contributed by atoms with E-state index >= 15 is 0 Å². The normalized spacial score (nSPS) is 18.4. The van der Waals surface area contributed by atoms with E-state index in [1.807, 2.05) is 0 Å². The highest BCUT2D eigenvalue weighted by Gasteiger charge is 2.31. The molecule has 0 heterocycles. The fourth-order valence-corrected chi connectivity index (χ4v) is 2.99. The molecule has 1 aliphatic carbocycles. The smallest absolute Gasteiger partial charge is 0.156 e. The van der Waals surface area contributed by atoms with Gasteiger partial charge in [-0.25, -0.2) is 8.42 Å². The maximum Gasteiger partial charge on any atom is 0.156 e. The molecule has 0 saturated heterocycles. The van der Waals surface area contributed by atoms with Gasteiger partial charge in [-0.15, -0.1) is 0 Å². The van der Waals surface area contributed by atoms with Crippen molar-refractivity contribution in [1.82, 2.24) is 4.90 Å². The van der Waals surface area contributed by atoms with Gasteiger partial charge in [-0.05, 0) is 33.6 Å². The van der Waals surface area contributed by atoms with Gasteiger partial charge in [0.05, 0.1) is 17.1 Å². The third-order valence-corrected chi connectivity index (χ3v) is 6.14. The summed E-state index contributed by atoms with van der Waals surface area (Å²) in [4.78, 5) is 2.12. The van der Waals surface area contributed by atoms with E-state index in [4.69, 9.17) is 5.11 Å². The quantitative estimate of drug-likeness (QED) is 0.778. The molecule has 1 fully saturated rings. The Balaban J connectivity index is 2.51. The minimum atomic E-state index is -3.05. The van der Waals surface area contributed by atoms with E-state index in [2.05, 4.69) is 4.90 Å². The first-order chi connectivity index (χ1) is 7.78. The summed E-state index contributed by atoms with van der Waals surface area (Å²) >= 11 is 0. The highest BCUT2D eigenvalue weighted by molar-refractivity contribution is 7.92. The van der Waals surface area contributed by atoms with Crippen LogP contribution in [-0.4, -0.2) is 54.7 Å². The Morgan fingerprint density at radius 3 is 2.18 bits per heavy atom. The maximum absolute atomic E-state index is 12.0. The number of hydrogen-bond donors (Lipinski definition) is 1. The van der Waals surface area contributed by atoms with Crippen molar-refractivity contribution in [3.05, 3.63) is 0 Å². The lowest BCUT2D eigenvalue weighted by molar-refractivity contribution is 0.108. The van der Waals surface area contributed by atoms with Crippen molar-refractivity contribution in [2.24, 2.45) is 0 Å². The Bertz CT molecular complexity index is 328. The van der Waals surface area contributed by atoms with Crippen molar-refractivity contribution >= 4 is 9.84 Å². The molecule has 1 N–H and O–H groups in total. The molecule has 4 nitrogen and oxygen atoms in total. The van der Waals surface area contributed by atoms with Crippen molar-refractivity contribution in [3.8, 4) is 0 Å². The molecule has 0 radical (unpaired) electrons. The number of sulfone groups is 1. The Morgan fingerprint density at radius 2 is 1.82 bits per heavy atom. The number of hydrogen-bond acceptors (Lipinski definition) is 4. The zero-order valence-corrected chi connectivity index (χ0v) is 12.0. The Morgan fingerprint density at radius 1 is 1.24 bits per heavy atom. The van der Waals surface area contributed by atoms with Gasteiger partial charge in [-0.2, -0.15) is 0 Å². The molecule has 0 unspecified atom stereocenters. The van der Waals surface area contributed by atoms with Crippen LogP contribution in [0.25, 0.3) is 0 Å². The van der Waals surface area contributed by atoms with Crippen molar-refractivity contribution in [3.63, 3.8) is 0 Å². The van der Waals surface area contributed by atoms with Crippen LogP contribution in [0.4, 0.5) is 0 Å². The molecule has 5 heteroatoms. The topological polar surface area (TPSA) is 57.6 Å². The van der Waals surface area contributed by atoms with Crippen LogP contribution in [-0.2, 0) is 9.84 Å². The minimum Gasteiger partial charge on any atom is -0.395 e. The van der Waals surface area contributed by atoms with E-state index in [1.54, 1.807) is 20.8 Å². The van der Waals surface area contributed by atoms with Crippen LogP contribution >= 0.6 is 0 Å². The monoisotopic (exact) mass is 263 g/mol. The van der Waals surface area contributed by atoms with Gasteiger partial charge in [-0.1, -0.05) is 6.42 Å². The number of aliphatic hydroxyl groups is 1. The van der Waals surface area contributed by atoms with Gasteiger partial charge in [0.1, 0.15) is 0 Å². The summed E-state index contributed by atoms with van der Waals surface area (Å²) in [5.41, 5.74) is 0. The summed E-state index contributed by atoms with van der Waals surface area (Å²) in [5, 5.41) is 9.00. The van der Waals surface area contributed by atoms with E-state index in [9.17, 15) is 8.42 Å². The van der Waals surface area contributed by atoms with Gasteiger partial charge < -0.3 is 5.11 Å². The second-order valence-corrected chi connectivity index (χ2v) is 8.64. The van der Waals surface area contributed by atoms with E-state index < -0.39 is 14.6 Å². The Hall–Kier alpha value is -0.130. The molecular formula is C12H25NO3S. The molecule has 17 heavy (non-hydrogen) atoms. The van der Waals surface area contributed by atoms with Crippen molar-refractivity contribution in [2.75, 3.05) is 25.4 Å². The number of aliphatic hydroxyl groups excluding tert-OH is 1. The number of rotatable bonds is 6. The fourth-order valence-electron chi connectivity index (χ4n) is 1.90. The fraction of sp³-hybridized carbons (Fsp3) is 1.00. The summed E-state index contributed by atoms with van der Waals surface area (Å²) in [6, 6.07) is 0.484. The van der Waals surface area contributed by atoms with E-state index in [0.717, 1.165) is 12.8 Å². The maximum atomic E-state index is 12.0. The molecular weight excluding hydrogens is 238 g/mol. The van der Waals surface area contributed by atoms with Gasteiger partial charge in [0, 0.05) is 19.1 Å². The van der Waals surface area contributed by atoms with Crippen LogP contribution in [0.15, 0.2) is 0 Å². The largest absolute Gasteiger partial charge is 0.395 e. The van der Waals surface area contributed by atoms with Crippen LogP contribution in [0, 0.1) is 0 Å². The average molecular weight is 263 g/mol. The van der Waals surface area contributed by atoms with Crippen molar-refractivity contribution < 1.29 is 13.5 Å². The van der Waals surface area contributed by atoms with Crippen molar-refractivity contribution in [2.45, 2.75) is 50.8 Å². The first-order valence-corrected chi connectivity index (χ1v) is 8.00. The van der Waals surface area contributed by atoms with Gasteiger partial charge in [-0.3, -0.25) is 4.90 Å². The minimum absolute atomic E-state index is 0.103. The molecule has 1 saturated carbocycles. The predicted molar refractivity (Wildman–Crippen MR) is 69.8 cm³/mol. The molecule has 0 aromatic rings. The molecule has 0 aliphatic heterocycles. The van der Waals surface area contributed by atoms with Crippen LogP contribution in [0.1, 0.15) is 40.0 Å². The summed E-state index contributed by atoms with van der Waals surface area (Å²) in [6.07, 6.45) is 3.49. The second kappa shape index (κ2) is 5.67. The molecule has 0 amide bonds. The van der Waals surface area contributed by atoms with Gasteiger partial charge >= 0.3 is 0 Å². The Kier molecular flexibility index (Phi) is 4.98. The van der Waals surface area contributed by atoms with E-state index in [0.29, 0.717) is 19.1 Å². The zero-order chi connectivity index (χ0) is 13.1. The summed E-state index contributed by atoms with van der Waals surface area (Å²) in [7, 11) is -3.05. The molecule has 1 rings (SSSR count). The molecule has 1 aliphatic rings. The highest BCUT2D eigenvalue weighted by atomic mass is 32.2. The predicted octanol–water partition coefficient (Wildman–Crippen LogP) is 1.05. The van der Waals surface area contributed by atoms with Crippen molar-refractivity contribution in [1.29, 1.82) is 0 Å². The Labute approximate surface area is 105 Å². The lowest BCUT2D eigenvalue weighted by Crippen LogP contribution is -2.45. The van der Waals surface area contributed by atoms with Gasteiger partial charge in [0.2, 0.25) is 0 Å². The van der Waals surface area contributed by atoms with Crippen LogP contribution in [0.2, 0.25) is 0 Å². The molecule has 0 spiro atoms. The van der Waals surface area contributed by atoms with Crippen LogP contribution < -0.4 is 0 Å². The highest BCUT2D eigenvalue weighted by Crippen LogP contribution is 2.25. The van der Waals surface area contributed by atoms with Crippen LogP contribution in [0.3, 0.4) is 0 Å². The number of nitrogens with zero attached hydrogens (tertiary/aromatic N) is 1. The molecule has 102 valence electrons. The molecule has 0 aromatic heterocycles. The molecule has 0 atom stereocenters. The lowest BCUT2D eigenvalue weighted by Gasteiger charge is -2.37. The average Bonchev–Trinajstić information content (AvgIpc) is 2.10. The van der Waals surface area contributed by atoms with E-state index in [-0.39, 0.29) is 12.4 Å². The third-order valence-electron chi connectivity index (χ3n) is 3.56. The first kappa shape index (κ1) is 14.9.